The van der Waals surface area contributed by atoms with Crippen molar-refractivity contribution in [3.8, 4) is 11.5 Å². The van der Waals surface area contributed by atoms with E-state index in [4.69, 9.17) is 4.42 Å². The van der Waals surface area contributed by atoms with Crippen LogP contribution in [0, 0.1) is 5.82 Å². The number of para-hydroxylation sites is 2. The summed E-state index contributed by atoms with van der Waals surface area (Å²) in [6.07, 6.45) is 5.51. The average molecular weight is 433 g/mol. The van der Waals surface area contributed by atoms with Crippen molar-refractivity contribution in [1.29, 1.82) is 0 Å². The van der Waals surface area contributed by atoms with Crippen LogP contribution < -0.4 is 5.32 Å². The minimum absolute atomic E-state index is 0.0314. The Bertz CT molecular complexity index is 1240. The van der Waals surface area contributed by atoms with E-state index in [2.05, 4.69) is 20.4 Å². The van der Waals surface area contributed by atoms with Crippen molar-refractivity contribution in [2.45, 2.75) is 32.4 Å². The van der Waals surface area contributed by atoms with E-state index in [0.717, 1.165) is 29.6 Å². The molecule has 0 aliphatic carbocycles. The molecule has 164 valence electrons. The highest BCUT2D eigenvalue weighted by molar-refractivity contribution is 5.96. The summed E-state index contributed by atoms with van der Waals surface area (Å²) in [5.74, 6) is 0.238. The number of carbonyl (C=O) groups is 1. The van der Waals surface area contributed by atoms with Gasteiger partial charge >= 0.3 is 0 Å². The summed E-state index contributed by atoms with van der Waals surface area (Å²) >= 11 is 0. The van der Waals surface area contributed by atoms with Gasteiger partial charge in [-0.15, -0.1) is 10.2 Å². The van der Waals surface area contributed by atoms with Crippen LogP contribution in [0.25, 0.3) is 22.4 Å². The summed E-state index contributed by atoms with van der Waals surface area (Å²) in [5.41, 5.74) is 1.80. The topological polar surface area (TPSA) is 76.2 Å². The van der Waals surface area contributed by atoms with Gasteiger partial charge in [-0.25, -0.2) is 4.39 Å². The molecule has 1 N–H and O–H groups in total. The summed E-state index contributed by atoms with van der Waals surface area (Å²) in [5, 5.41) is 12.1. The number of fused-ring (bicyclic) bond motifs is 1. The van der Waals surface area contributed by atoms with Gasteiger partial charge in [0.05, 0.1) is 17.8 Å². The number of amides is 1. The maximum absolute atomic E-state index is 13.9. The van der Waals surface area contributed by atoms with Gasteiger partial charge in [-0.2, -0.15) is 0 Å². The summed E-state index contributed by atoms with van der Waals surface area (Å²) in [4.78, 5) is 14.9. The molecule has 8 heteroatoms. The Morgan fingerprint density at radius 1 is 1.03 bits per heavy atom. The summed E-state index contributed by atoms with van der Waals surface area (Å²) in [6, 6.07) is 13.8. The molecule has 0 unspecified atom stereocenters. The molecule has 3 heterocycles. The van der Waals surface area contributed by atoms with Crippen LogP contribution in [0.15, 0.2) is 59.1 Å². The van der Waals surface area contributed by atoms with Gasteiger partial charge in [0.2, 0.25) is 17.7 Å². The third-order valence-electron chi connectivity index (χ3n) is 5.76. The van der Waals surface area contributed by atoms with Crippen LogP contribution in [0.5, 0.6) is 0 Å². The first-order chi connectivity index (χ1) is 15.7. The molecular formula is C24H24FN5O2. The Hall–Kier alpha value is -3.52. The quantitative estimate of drug-likeness (QED) is 0.486. The molecule has 0 bridgehead atoms. The van der Waals surface area contributed by atoms with Crippen LogP contribution in [-0.2, 0) is 17.9 Å². The number of benzene rings is 2. The molecule has 0 atom stereocenters. The molecular weight excluding hydrogens is 409 g/mol. The molecule has 0 spiro atoms. The lowest BCUT2D eigenvalue weighted by Crippen LogP contribution is -2.29. The number of carbonyl (C=O) groups excluding carboxylic acids is 1. The number of hydrogen-bond acceptors (Lipinski definition) is 5. The summed E-state index contributed by atoms with van der Waals surface area (Å²) < 4.78 is 21.7. The lowest BCUT2D eigenvalue weighted by atomic mass is 10.1. The van der Waals surface area contributed by atoms with Crippen LogP contribution in [-0.4, -0.2) is 38.7 Å². The second-order valence-electron chi connectivity index (χ2n) is 8.05. The van der Waals surface area contributed by atoms with E-state index >= 15 is 0 Å². The second-order valence-corrected chi connectivity index (χ2v) is 8.05. The van der Waals surface area contributed by atoms with Crippen molar-refractivity contribution in [2.24, 2.45) is 0 Å². The summed E-state index contributed by atoms with van der Waals surface area (Å²) in [7, 11) is 0. The molecule has 2 aromatic heterocycles. The number of rotatable bonds is 6. The minimum atomic E-state index is -0.467. The minimum Gasteiger partial charge on any atom is -0.419 e. The third-order valence-corrected chi connectivity index (χ3v) is 5.76. The zero-order valence-electron chi connectivity index (χ0n) is 17.6. The number of aromatic nitrogens is 3. The van der Waals surface area contributed by atoms with Gasteiger partial charge in [0.1, 0.15) is 12.4 Å². The van der Waals surface area contributed by atoms with Crippen LogP contribution in [0.3, 0.4) is 0 Å². The first-order valence-electron chi connectivity index (χ1n) is 10.8. The molecule has 1 saturated heterocycles. The van der Waals surface area contributed by atoms with Crippen molar-refractivity contribution in [2.75, 3.05) is 18.4 Å². The highest BCUT2D eigenvalue weighted by Gasteiger charge is 2.19. The number of piperidine rings is 1. The third kappa shape index (κ3) is 4.27. The van der Waals surface area contributed by atoms with Crippen molar-refractivity contribution < 1.29 is 13.6 Å². The number of nitrogens with one attached hydrogen (secondary N) is 1. The predicted molar refractivity (Wildman–Crippen MR) is 119 cm³/mol. The van der Waals surface area contributed by atoms with Crippen LogP contribution >= 0.6 is 0 Å². The van der Waals surface area contributed by atoms with Gasteiger partial charge < -0.3 is 14.3 Å². The van der Waals surface area contributed by atoms with E-state index in [0.29, 0.717) is 18.3 Å². The number of anilines is 1. The van der Waals surface area contributed by atoms with Gasteiger partial charge in [-0.1, -0.05) is 36.8 Å². The normalized spacial score (nSPS) is 14.7. The van der Waals surface area contributed by atoms with E-state index < -0.39 is 5.82 Å². The molecule has 1 aliphatic heterocycles. The average Bonchev–Trinajstić information content (AvgIpc) is 3.41. The Balaban J connectivity index is 1.38. The summed E-state index contributed by atoms with van der Waals surface area (Å²) in [6.45, 7) is 2.78. The molecule has 0 saturated carbocycles. The molecule has 7 nitrogen and oxygen atoms in total. The Morgan fingerprint density at radius 3 is 2.66 bits per heavy atom. The van der Waals surface area contributed by atoms with Crippen LogP contribution in [0.4, 0.5) is 10.1 Å². The standard InChI is InChI=1S/C24H24FN5O2/c25-19-9-3-4-10-20(19)26-22(31)15-30-14-18(17-8-2-5-11-21(17)30)24-28-27-23(32-24)16-29-12-6-1-7-13-29/h2-5,8-11,14H,1,6-7,12-13,15-16H2,(H,26,31). The smallest absolute Gasteiger partial charge is 0.249 e. The Labute approximate surface area is 184 Å². The highest BCUT2D eigenvalue weighted by atomic mass is 19.1. The second kappa shape index (κ2) is 8.92. The van der Waals surface area contributed by atoms with Gasteiger partial charge in [-0.3, -0.25) is 9.69 Å². The first-order valence-corrected chi connectivity index (χ1v) is 10.8. The van der Waals surface area contributed by atoms with E-state index in [1.165, 1.54) is 31.4 Å². The van der Waals surface area contributed by atoms with Gasteiger partial charge in [0.25, 0.3) is 0 Å². The first kappa shape index (κ1) is 20.4. The van der Waals surface area contributed by atoms with Gasteiger partial charge in [-0.05, 0) is 44.1 Å². The fourth-order valence-corrected chi connectivity index (χ4v) is 4.19. The lowest BCUT2D eigenvalue weighted by Gasteiger charge is -2.24. The molecule has 4 aromatic rings. The predicted octanol–water partition coefficient (Wildman–Crippen LogP) is 4.46. The van der Waals surface area contributed by atoms with E-state index in [1.54, 1.807) is 12.1 Å². The molecule has 32 heavy (non-hydrogen) atoms. The zero-order chi connectivity index (χ0) is 21.9. The number of nitrogens with zero attached hydrogens (tertiary/aromatic N) is 4. The SMILES string of the molecule is O=C(Cn1cc(-c2nnc(CN3CCCCC3)o2)c2ccccc21)Nc1ccccc1F. The van der Waals surface area contributed by atoms with E-state index in [-0.39, 0.29) is 18.1 Å². The number of hydrogen-bond donors (Lipinski definition) is 1. The van der Waals surface area contributed by atoms with Gasteiger partial charge in [0.15, 0.2) is 0 Å². The fraction of sp³-hybridized carbons (Fsp3) is 0.292. The Kier molecular flexibility index (Phi) is 5.68. The van der Waals surface area contributed by atoms with Crippen LogP contribution in [0.2, 0.25) is 0 Å². The van der Waals surface area contributed by atoms with Crippen molar-refractivity contribution >= 4 is 22.5 Å². The number of likely N-dealkylation sites (tertiary alicyclic amines) is 1. The van der Waals surface area contributed by atoms with Crippen molar-refractivity contribution in [3.05, 3.63) is 66.4 Å². The highest BCUT2D eigenvalue weighted by Crippen LogP contribution is 2.30. The van der Waals surface area contributed by atoms with E-state index in [1.807, 2.05) is 35.0 Å². The maximum atomic E-state index is 13.9. The largest absolute Gasteiger partial charge is 0.419 e. The molecule has 2 aromatic carbocycles. The maximum Gasteiger partial charge on any atom is 0.249 e. The molecule has 0 radical (unpaired) electrons. The Morgan fingerprint density at radius 2 is 1.81 bits per heavy atom. The van der Waals surface area contributed by atoms with Crippen molar-refractivity contribution in [1.82, 2.24) is 19.7 Å². The van der Waals surface area contributed by atoms with Gasteiger partial charge in [0, 0.05) is 17.1 Å². The fourth-order valence-electron chi connectivity index (χ4n) is 4.19. The molecule has 1 fully saturated rings. The lowest BCUT2D eigenvalue weighted by molar-refractivity contribution is -0.116. The van der Waals surface area contributed by atoms with E-state index in [9.17, 15) is 9.18 Å². The molecule has 1 aliphatic rings. The molecule has 5 rings (SSSR count). The van der Waals surface area contributed by atoms with Crippen LogP contribution in [0.1, 0.15) is 25.2 Å². The zero-order valence-corrected chi connectivity index (χ0v) is 17.6. The number of halogens is 1. The molecule has 1 amide bonds. The monoisotopic (exact) mass is 433 g/mol. The van der Waals surface area contributed by atoms with Crippen molar-refractivity contribution in [3.63, 3.8) is 0 Å².